The van der Waals surface area contributed by atoms with Gasteiger partial charge in [0.2, 0.25) is 9.84 Å². The molecule has 1 amide bonds. The number of halogens is 3. The molecule has 2 rings (SSSR count). The second kappa shape index (κ2) is 6.87. The van der Waals surface area contributed by atoms with E-state index in [2.05, 4.69) is 5.10 Å². The monoisotopic (exact) mass is 375 g/mol. The Balaban J connectivity index is 2.40. The van der Waals surface area contributed by atoms with Crippen LogP contribution in [0.3, 0.4) is 0 Å². The zero-order valence-electron chi connectivity index (χ0n) is 13.5. The lowest BCUT2D eigenvalue weighted by atomic mass is 10.2. The molecule has 0 fully saturated rings. The van der Waals surface area contributed by atoms with Crippen LogP contribution in [0.15, 0.2) is 46.5 Å². The lowest BCUT2D eigenvalue weighted by molar-refractivity contribution is -0.137. The predicted octanol–water partition coefficient (Wildman–Crippen LogP) is 3.04. The minimum atomic E-state index is -4.66. The zero-order chi connectivity index (χ0) is 18.8. The first-order valence-electron chi connectivity index (χ1n) is 7.38. The lowest BCUT2D eigenvalue weighted by Crippen LogP contribution is -2.34. The molecule has 10 heteroatoms. The van der Waals surface area contributed by atoms with Crippen molar-refractivity contribution in [2.75, 3.05) is 13.1 Å². The number of carbonyl (C=O) groups is 1. The van der Waals surface area contributed by atoms with Crippen LogP contribution < -0.4 is 0 Å². The first-order valence-corrected chi connectivity index (χ1v) is 8.86. The Hall–Kier alpha value is -2.36. The van der Waals surface area contributed by atoms with Crippen molar-refractivity contribution in [2.24, 2.45) is 0 Å². The van der Waals surface area contributed by atoms with Gasteiger partial charge in [-0.15, -0.1) is 0 Å². The Morgan fingerprint density at radius 2 is 1.84 bits per heavy atom. The minimum absolute atomic E-state index is 0.408. The van der Waals surface area contributed by atoms with Crippen molar-refractivity contribution in [1.29, 1.82) is 0 Å². The van der Waals surface area contributed by atoms with E-state index in [1.165, 1.54) is 11.1 Å². The van der Waals surface area contributed by atoms with Crippen LogP contribution in [0.25, 0.3) is 0 Å². The summed E-state index contributed by atoms with van der Waals surface area (Å²) in [6.45, 7) is 4.33. The molecule has 0 saturated carbocycles. The molecule has 0 aliphatic rings. The van der Waals surface area contributed by atoms with E-state index in [-0.39, 0.29) is 0 Å². The SMILES string of the molecule is CCN(CC)C(=O)n1ccc(S(=O)(=O)c2cccc(C(F)(F)F)c2)n1. The molecule has 25 heavy (non-hydrogen) atoms. The van der Waals surface area contributed by atoms with Crippen LogP contribution in [0.1, 0.15) is 19.4 Å². The van der Waals surface area contributed by atoms with Gasteiger partial charge < -0.3 is 4.90 Å². The number of rotatable bonds is 4. The molecule has 6 nitrogen and oxygen atoms in total. The Kier molecular flexibility index (Phi) is 5.21. The molecular formula is C15H16F3N3O3S. The molecule has 0 saturated heterocycles. The van der Waals surface area contributed by atoms with Crippen LogP contribution in [-0.4, -0.2) is 42.2 Å². The van der Waals surface area contributed by atoms with Crippen molar-refractivity contribution in [3.8, 4) is 0 Å². The summed E-state index contributed by atoms with van der Waals surface area (Å²) < 4.78 is 64.1. The van der Waals surface area contributed by atoms with E-state index in [4.69, 9.17) is 0 Å². The predicted molar refractivity (Wildman–Crippen MR) is 82.8 cm³/mol. The van der Waals surface area contributed by atoms with Crippen LogP contribution in [0.5, 0.6) is 0 Å². The van der Waals surface area contributed by atoms with Crippen molar-refractivity contribution in [2.45, 2.75) is 29.9 Å². The molecule has 0 spiro atoms. The fourth-order valence-electron chi connectivity index (χ4n) is 2.16. The van der Waals surface area contributed by atoms with E-state index in [0.29, 0.717) is 19.2 Å². The average Bonchev–Trinajstić information content (AvgIpc) is 3.06. The van der Waals surface area contributed by atoms with E-state index < -0.39 is 37.5 Å². The maximum absolute atomic E-state index is 12.8. The fraction of sp³-hybridized carbons (Fsp3) is 0.333. The van der Waals surface area contributed by atoms with Gasteiger partial charge in [-0.1, -0.05) is 6.07 Å². The molecule has 0 atom stereocenters. The smallest absolute Gasteiger partial charge is 0.323 e. The van der Waals surface area contributed by atoms with Gasteiger partial charge in [0.15, 0.2) is 5.03 Å². The normalized spacial score (nSPS) is 12.2. The van der Waals surface area contributed by atoms with Gasteiger partial charge in [0.05, 0.1) is 10.5 Å². The number of carbonyl (C=O) groups excluding carboxylic acids is 1. The van der Waals surface area contributed by atoms with Crippen molar-refractivity contribution in [3.63, 3.8) is 0 Å². The van der Waals surface area contributed by atoms with Gasteiger partial charge in [-0.05, 0) is 38.1 Å². The molecule has 0 radical (unpaired) electrons. The van der Waals surface area contributed by atoms with Gasteiger partial charge >= 0.3 is 12.2 Å². The van der Waals surface area contributed by atoms with Gasteiger partial charge in [-0.2, -0.15) is 23.0 Å². The molecule has 136 valence electrons. The molecule has 1 aromatic heterocycles. The summed E-state index contributed by atoms with van der Waals surface area (Å²) in [5.74, 6) is 0. The number of alkyl halides is 3. The summed E-state index contributed by atoms with van der Waals surface area (Å²) in [6, 6.07) is 3.94. The fourth-order valence-corrected chi connectivity index (χ4v) is 3.37. The number of sulfone groups is 1. The third-order valence-corrected chi connectivity index (χ3v) is 5.18. The van der Waals surface area contributed by atoms with E-state index >= 15 is 0 Å². The summed E-state index contributed by atoms with van der Waals surface area (Å²) >= 11 is 0. The Morgan fingerprint density at radius 3 is 2.40 bits per heavy atom. The van der Waals surface area contributed by atoms with Crippen LogP contribution in [-0.2, 0) is 16.0 Å². The number of hydrogen-bond donors (Lipinski definition) is 0. The molecule has 0 N–H and O–H groups in total. The average molecular weight is 375 g/mol. The highest BCUT2D eigenvalue weighted by Gasteiger charge is 2.32. The van der Waals surface area contributed by atoms with Gasteiger partial charge in [-0.25, -0.2) is 13.2 Å². The standard InChI is InChI=1S/C15H16F3N3O3S/c1-3-20(4-2)14(22)21-9-8-13(19-21)25(23,24)12-7-5-6-11(10-12)15(16,17)18/h5-10H,3-4H2,1-2H3. The Labute approximate surface area is 142 Å². The maximum atomic E-state index is 12.8. The second-order valence-electron chi connectivity index (χ2n) is 5.08. The first kappa shape index (κ1) is 19.0. The summed E-state index contributed by atoms with van der Waals surface area (Å²) in [5.41, 5.74) is -1.08. The topological polar surface area (TPSA) is 72.3 Å². The van der Waals surface area contributed by atoms with Crippen molar-refractivity contribution in [1.82, 2.24) is 14.7 Å². The number of benzene rings is 1. The molecular weight excluding hydrogens is 359 g/mol. The van der Waals surface area contributed by atoms with Crippen LogP contribution in [0, 0.1) is 0 Å². The number of amides is 1. The number of aromatic nitrogens is 2. The van der Waals surface area contributed by atoms with Crippen LogP contribution in [0.2, 0.25) is 0 Å². The highest BCUT2D eigenvalue weighted by Crippen LogP contribution is 2.31. The Morgan fingerprint density at radius 1 is 1.20 bits per heavy atom. The van der Waals surface area contributed by atoms with E-state index in [1.807, 2.05) is 0 Å². The third-order valence-electron chi connectivity index (χ3n) is 3.54. The summed E-state index contributed by atoms with van der Waals surface area (Å²) in [6.07, 6.45) is -3.50. The largest absolute Gasteiger partial charge is 0.416 e. The maximum Gasteiger partial charge on any atom is 0.416 e. The molecule has 0 aliphatic heterocycles. The number of hydrogen-bond acceptors (Lipinski definition) is 4. The second-order valence-corrected chi connectivity index (χ2v) is 6.98. The molecule has 2 aromatic rings. The summed E-state index contributed by atoms with van der Waals surface area (Å²) in [4.78, 5) is 13.0. The lowest BCUT2D eigenvalue weighted by Gasteiger charge is -2.17. The van der Waals surface area contributed by atoms with E-state index in [1.54, 1.807) is 13.8 Å². The summed E-state index contributed by atoms with van der Waals surface area (Å²) in [7, 11) is -4.28. The van der Waals surface area contributed by atoms with Gasteiger partial charge in [-0.3, -0.25) is 0 Å². The van der Waals surface area contributed by atoms with Gasteiger partial charge in [0, 0.05) is 19.3 Å². The van der Waals surface area contributed by atoms with Crippen molar-refractivity contribution >= 4 is 15.9 Å². The van der Waals surface area contributed by atoms with Gasteiger partial charge in [0.1, 0.15) is 0 Å². The Bertz CT molecular complexity index is 871. The van der Waals surface area contributed by atoms with Crippen molar-refractivity contribution in [3.05, 3.63) is 42.1 Å². The van der Waals surface area contributed by atoms with E-state index in [0.717, 1.165) is 28.9 Å². The van der Waals surface area contributed by atoms with Crippen LogP contribution in [0.4, 0.5) is 18.0 Å². The molecule has 0 aliphatic carbocycles. The zero-order valence-corrected chi connectivity index (χ0v) is 14.3. The van der Waals surface area contributed by atoms with Gasteiger partial charge in [0.25, 0.3) is 0 Å². The third kappa shape index (κ3) is 3.84. The number of nitrogens with zero attached hydrogens (tertiary/aromatic N) is 3. The minimum Gasteiger partial charge on any atom is -0.323 e. The van der Waals surface area contributed by atoms with E-state index in [9.17, 15) is 26.4 Å². The molecule has 0 bridgehead atoms. The van der Waals surface area contributed by atoms with Crippen LogP contribution >= 0.6 is 0 Å². The highest BCUT2D eigenvalue weighted by molar-refractivity contribution is 7.91. The molecule has 1 heterocycles. The molecule has 1 aromatic carbocycles. The molecule has 0 unspecified atom stereocenters. The quantitative estimate of drug-likeness (QED) is 0.823. The summed E-state index contributed by atoms with van der Waals surface area (Å²) in [5, 5.41) is 3.23. The first-order chi connectivity index (χ1) is 11.6. The highest BCUT2D eigenvalue weighted by atomic mass is 32.2. The van der Waals surface area contributed by atoms with Crippen molar-refractivity contribution < 1.29 is 26.4 Å².